The molecule has 0 saturated heterocycles. The highest BCUT2D eigenvalue weighted by Gasteiger charge is 1.87. The number of hydrogen-bond donors (Lipinski definition) is 1. The summed E-state index contributed by atoms with van der Waals surface area (Å²) in [4.78, 5) is 0. The van der Waals surface area contributed by atoms with Crippen molar-refractivity contribution in [1.82, 2.24) is 0 Å². The van der Waals surface area contributed by atoms with Crippen molar-refractivity contribution < 1.29 is 0 Å². The molecule has 0 rings (SSSR count). The quantitative estimate of drug-likeness (QED) is 0.407. The van der Waals surface area contributed by atoms with Gasteiger partial charge in [0.1, 0.15) is 0 Å². The van der Waals surface area contributed by atoms with Gasteiger partial charge in [0.15, 0.2) is 0 Å². The first-order valence-electron chi connectivity index (χ1n) is 2.17. The Morgan fingerprint density at radius 2 is 2.33 bits per heavy atom. The Hall–Kier alpha value is 0.690. The Morgan fingerprint density at radius 1 is 1.83 bits per heavy atom. The molecule has 0 radical (unpaired) electrons. The maximum absolute atomic E-state index is 5.39. The molecule has 0 fully saturated rings. The van der Waals surface area contributed by atoms with Crippen molar-refractivity contribution in [2.45, 2.75) is 23.8 Å². The van der Waals surface area contributed by atoms with Crippen LogP contribution in [0.5, 0.6) is 0 Å². The molecule has 0 aliphatic heterocycles. The van der Waals surface area contributed by atoms with Crippen molar-refractivity contribution in [3.05, 3.63) is 0 Å². The monoisotopic (exact) mass is 199 g/mol. The summed E-state index contributed by atoms with van der Waals surface area (Å²) in [6.07, 6.45) is 2.34. The van der Waals surface area contributed by atoms with Crippen molar-refractivity contribution in [3.8, 4) is 0 Å². The van der Waals surface area contributed by atoms with Crippen LogP contribution in [0.15, 0.2) is 0 Å². The molecule has 0 aromatic heterocycles. The molecule has 0 aromatic rings. The zero-order valence-electron chi connectivity index (χ0n) is 3.95. The summed E-state index contributed by atoms with van der Waals surface area (Å²) >= 11 is 2.22. The van der Waals surface area contributed by atoms with Gasteiger partial charge >= 0.3 is 0 Å². The van der Waals surface area contributed by atoms with E-state index in [0.717, 1.165) is 6.42 Å². The lowest BCUT2D eigenvalue weighted by atomic mass is 10.3. The zero-order chi connectivity index (χ0) is 4.99. The molecule has 0 bridgehead atoms. The molecule has 0 saturated carbocycles. The first-order chi connectivity index (χ1) is 2.77. The van der Waals surface area contributed by atoms with Gasteiger partial charge in [-0.15, -0.1) is 0 Å². The Balaban J connectivity index is 2.63. The molecule has 38 valence electrons. The van der Waals surface area contributed by atoms with E-state index < -0.39 is 0 Å². The summed E-state index contributed by atoms with van der Waals surface area (Å²) in [7, 11) is 0. The molecule has 2 heteroatoms. The fraction of sp³-hybridized carbons (Fsp3) is 1.00. The molecule has 0 amide bonds. The van der Waals surface area contributed by atoms with E-state index in [1.807, 2.05) is 0 Å². The van der Waals surface area contributed by atoms with Gasteiger partial charge in [0, 0.05) is 0 Å². The van der Waals surface area contributed by atoms with Crippen molar-refractivity contribution in [2.24, 2.45) is 5.73 Å². The third-order valence-electron chi connectivity index (χ3n) is 0.564. The Bertz CT molecular complexity index is 28.7. The molecule has 1 atom stereocenters. The van der Waals surface area contributed by atoms with E-state index >= 15 is 0 Å². The van der Waals surface area contributed by atoms with Gasteiger partial charge in [-0.2, -0.15) is 0 Å². The first-order valence-corrected chi connectivity index (χ1v) is 3.41. The zero-order valence-corrected chi connectivity index (χ0v) is 6.10. The Morgan fingerprint density at radius 3 is 2.33 bits per heavy atom. The molecular formula is C4H10IN. The van der Waals surface area contributed by atoms with Crippen molar-refractivity contribution in [1.29, 1.82) is 0 Å². The van der Waals surface area contributed by atoms with Crippen molar-refractivity contribution in [3.63, 3.8) is 0 Å². The van der Waals surface area contributed by atoms with Crippen LogP contribution < -0.4 is 5.73 Å². The lowest BCUT2D eigenvalue weighted by molar-refractivity contribution is 0.786. The van der Waals surface area contributed by atoms with Gasteiger partial charge in [-0.05, 0) is 6.42 Å². The molecule has 2 N–H and O–H groups in total. The molecule has 6 heavy (non-hydrogen) atoms. The lowest BCUT2D eigenvalue weighted by Gasteiger charge is -1.94. The fourth-order valence-corrected chi connectivity index (χ4v) is 0.899. The number of nitrogens with two attached hydrogens (primary N) is 1. The van der Waals surface area contributed by atoms with Crippen LogP contribution in [0.3, 0.4) is 0 Å². The second-order valence-corrected chi connectivity index (χ2v) is 2.90. The van der Waals surface area contributed by atoms with Gasteiger partial charge < -0.3 is 5.73 Å². The van der Waals surface area contributed by atoms with Gasteiger partial charge in [-0.1, -0.05) is 35.9 Å². The molecule has 0 aliphatic carbocycles. The summed E-state index contributed by atoms with van der Waals surface area (Å²) in [5.74, 6) is 0. The molecule has 1 unspecified atom stereocenters. The van der Waals surface area contributed by atoms with Crippen molar-refractivity contribution in [2.75, 3.05) is 0 Å². The molecular weight excluding hydrogens is 189 g/mol. The van der Waals surface area contributed by atoms with Gasteiger partial charge in [-0.3, -0.25) is 0 Å². The fourth-order valence-electron chi connectivity index (χ4n) is 0.276. The Kier molecular flexibility index (Phi) is 4.31. The summed E-state index contributed by atoms with van der Waals surface area (Å²) in [6.45, 7) is 2.14. The van der Waals surface area contributed by atoms with Gasteiger partial charge in [0.25, 0.3) is 0 Å². The van der Waals surface area contributed by atoms with E-state index in [0.29, 0.717) is 4.05 Å². The second-order valence-electron chi connectivity index (χ2n) is 1.30. The molecule has 0 aliphatic rings. The first kappa shape index (κ1) is 6.69. The normalized spacial score (nSPS) is 14.5. The summed E-state index contributed by atoms with van der Waals surface area (Å²) in [5, 5.41) is 0. The molecule has 1 nitrogen and oxygen atoms in total. The van der Waals surface area contributed by atoms with Crippen LogP contribution in [0.4, 0.5) is 0 Å². The number of alkyl halides is 1. The minimum Gasteiger partial charge on any atom is -0.320 e. The maximum Gasteiger partial charge on any atom is 0.0568 e. The average molecular weight is 199 g/mol. The Labute approximate surface area is 52.4 Å². The van der Waals surface area contributed by atoms with E-state index in [9.17, 15) is 0 Å². The van der Waals surface area contributed by atoms with Crippen LogP contribution in [0, 0.1) is 0 Å². The number of hydrogen-bond acceptors (Lipinski definition) is 1. The maximum atomic E-state index is 5.39. The van der Waals surface area contributed by atoms with Crippen LogP contribution >= 0.6 is 22.6 Å². The largest absolute Gasteiger partial charge is 0.320 e. The highest BCUT2D eigenvalue weighted by Crippen LogP contribution is 1.98. The van der Waals surface area contributed by atoms with E-state index in [4.69, 9.17) is 5.73 Å². The van der Waals surface area contributed by atoms with Crippen LogP contribution in [0.25, 0.3) is 0 Å². The van der Waals surface area contributed by atoms with Crippen LogP contribution in [-0.4, -0.2) is 4.05 Å². The van der Waals surface area contributed by atoms with E-state index in [1.54, 1.807) is 0 Å². The van der Waals surface area contributed by atoms with Crippen LogP contribution in [0.2, 0.25) is 0 Å². The third kappa shape index (κ3) is 4.69. The lowest BCUT2D eigenvalue weighted by Crippen LogP contribution is -2.08. The van der Waals surface area contributed by atoms with Gasteiger partial charge in [-0.25, -0.2) is 0 Å². The predicted octanol–water partition coefficient (Wildman–Crippen LogP) is 1.51. The molecule has 0 aromatic carbocycles. The summed E-state index contributed by atoms with van der Waals surface area (Å²) in [5.41, 5.74) is 5.39. The second kappa shape index (κ2) is 3.87. The minimum atomic E-state index is 0.368. The van der Waals surface area contributed by atoms with Gasteiger partial charge in [0.2, 0.25) is 0 Å². The SMILES string of the molecule is CCCC(N)I. The highest BCUT2D eigenvalue weighted by molar-refractivity contribution is 14.1. The van der Waals surface area contributed by atoms with Crippen molar-refractivity contribution >= 4 is 22.6 Å². The summed E-state index contributed by atoms with van der Waals surface area (Å²) < 4.78 is 0.368. The number of rotatable bonds is 2. The van der Waals surface area contributed by atoms with Gasteiger partial charge in [0.05, 0.1) is 4.05 Å². The number of halogens is 1. The predicted molar refractivity (Wildman–Crippen MR) is 36.9 cm³/mol. The van der Waals surface area contributed by atoms with E-state index in [1.165, 1.54) is 6.42 Å². The van der Waals surface area contributed by atoms with E-state index in [-0.39, 0.29) is 0 Å². The minimum absolute atomic E-state index is 0.368. The third-order valence-corrected chi connectivity index (χ3v) is 1.19. The molecule has 0 heterocycles. The molecule has 0 spiro atoms. The van der Waals surface area contributed by atoms with Crippen LogP contribution in [0.1, 0.15) is 19.8 Å². The average Bonchev–Trinajstić information content (AvgIpc) is 1.35. The smallest absolute Gasteiger partial charge is 0.0568 e. The highest BCUT2D eigenvalue weighted by atomic mass is 127. The van der Waals surface area contributed by atoms with Crippen LogP contribution in [-0.2, 0) is 0 Å². The van der Waals surface area contributed by atoms with E-state index in [2.05, 4.69) is 29.5 Å². The topological polar surface area (TPSA) is 26.0 Å². The standard InChI is InChI=1S/C4H10IN/c1-2-3-4(5)6/h4H,2-3,6H2,1H3. The summed E-state index contributed by atoms with van der Waals surface area (Å²) in [6, 6.07) is 0.